The van der Waals surface area contributed by atoms with Crippen LogP contribution in [0.4, 0.5) is 0 Å². The summed E-state index contributed by atoms with van der Waals surface area (Å²) in [6, 6.07) is 0. The Balaban J connectivity index is 3.06. The van der Waals surface area contributed by atoms with Gasteiger partial charge in [0.1, 0.15) is 0 Å². The van der Waals surface area contributed by atoms with E-state index in [1.165, 1.54) is 0 Å². The number of aliphatic hydroxyl groups is 1. The van der Waals surface area contributed by atoms with E-state index in [0.29, 0.717) is 6.61 Å². The highest BCUT2D eigenvalue weighted by Crippen LogP contribution is 1.94. The first-order valence-corrected chi connectivity index (χ1v) is 4.55. The van der Waals surface area contributed by atoms with Crippen molar-refractivity contribution in [2.45, 2.75) is 26.1 Å². The molecule has 0 saturated carbocycles. The molecule has 3 heteroatoms. The Morgan fingerprint density at radius 2 is 2.11 bits per heavy atom. The summed E-state index contributed by atoms with van der Waals surface area (Å²) in [6.07, 6.45) is -0.0735. The Labute approximate surface area is 69.7 Å². The van der Waals surface area contributed by atoms with Crippen molar-refractivity contribution in [1.82, 2.24) is 0 Å². The van der Waals surface area contributed by atoms with Crippen LogP contribution in [0.15, 0.2) is 0 Å². The van der Waals surface area contributed by atoms with Crippen LogP contribution < -0.4 is 0 Å². The molecule has 0 aromatic carbocycles. The van der Waals surface area contributed by atoms with Crippen molar-refractivity contribution >= 4 is 22.6 Å². The summed E-state index contributed by atoms with van der Waals surface area (Å²) in [7, 11) is 0. The van der Waals surface area contributed by atoms with Gasteiger partial charge in [-0.3, -0.25) is 0 Å². The molecule has 0 amide bonds. The molecule has 1 atom stereocenters. The minimum Gasteiger partial charge on any atom is -0.390 e. The number of ether oxygens (including phenoxy) is 1. The Hall–Kier alpha value is 0.650. The second-order valence-electron chi connectivity index (χ2n) is 2.19. The Kier molecular flexibility index (Phi) is 5.83. The monoisotopic (exact) mass is 244 g/mol. The van der Waals surface area contributed by atoms with Crippen molar-refractivity contribution in [2.24, 2.45) is 0 Å². The highest BCUT2D eigenvalue weighted by atomic mass is 127. The number of halogens is 1. The maximum Gasteiger partial charge on any atom is 0.0862 e. The van der Waals surface area contributed by atoms with Crippen LogP contribution >= 0.6 is 22.6 Å². The normalized spacial score (nSPS) is 14.3. The average Bonchev–Trinajstić information content (AvgIpc) is 1.83. The molecule has 0 aromatic rings. The number of aliphatic hydroxyl groups excluding tert-OH is 1. The molecule has 0 rings (SSSR count). The summed E-state index contributed by atoms with van der Waals surface area (Å²) in [4.78, 5) is 0. The van der Waals surface area contributed by atoms with Crippen LogP contribution in [0.5, 0.6) is 0 Å². The smallest absolute Gasteiger partial charge is 0.0862 e. The van der Waals surface area contributed by atoms with Gasteiger partial charge in [-0.05, 0) is 13.8 Å². The van der Waals surface area contributed by atoms with Gasteiger partial charge in [-0.25, -0.2) is 0 Å². The Bertz CT molecular complexity index is 66.1. The van der Waals surface area contributed by atoms with E-state index in [1.807, 2.05) is 13.8 Å². The van der Waals surface area contributed by atoms with Gasteiger partial charge in [-0.15, -0.1) is 0 Å². The van der Waals surface area contributed by atoms with Crippen molar-refractivity contribution in [3.63, 3.8) is 0 Å². The maximum atomic E-state index is 8.97. The van der Waals surface area contributed by atoms with E-state index in [9.17, 15) is 0 Å². The van der Waals surface area contributed by atoms with Crippen molar-refractivity contribution in [3.8, 4) is 0 Å². The molecule has 0 aliphatic carbocycles. The first-order chi connectivity index (χ1) is 4.16. The third-order valence-electron chi connectivity index (χ3n) is 0.800. The van der Waals surface area contributed by atoms with Crippen LogP contribution in [0, 0.1) is 0 Å². The van der Waals surface area contributed by atoms with Gasteiger partial charge in [0.25, 0.3) is 0 Å². The molecule has 0 heterocycles. The molecule has 0 unspecified atom stereocenters. The number of hydrogen-bond donors (Lipinski definition) is 1. The molecule has 0 spiro atoms. The predicted octanol–water partition coefficient (Wildman–Crippen LogP) is 1.21. The summed E-state index contributed by atoms with van der Waals surface area (Å²) in [5.41, 5.74) is 0. The molecule has 0 fully saturated rings. The van der Waals surface area contributed by atoms with Gasteiger partial charge >= 0.3 is 0 Å². The predicted molar refractivity (Wildman–Crippen MR) is 46.0 cm³/mol. The number of hydrogen-bond acceptors (Lipinski definition) is 2. The summed E-state index contributed by atoms with van der Waals surface area (Å²) in [6.45, 7) is 4.38. The van der Waals surface area contributed by atoms with E-state index in [1.54, 1.807) is 0 Å². The van der Waals surface area contributed by atoms with Crippen LogP contribution in [0.3, 0.4) is 0 Å². The Morgan fingerprint density at radius 3 is 2.44 bits per heavy atom. The summed E-state index contributed by atoms with van der Waals surface area (Å²) in [5, 5.41) is 8.97. The summed E-state index contributed by atoms with van der Waals surface area (Å²) >= 11 is 2.13. The topological polar surface area (TPSA) is 29.5 Å². The summed E-state index contributed by atoms with van der Waals surface area (Å²) in [5.74, 6) is 0. The lowest BCUT2D eigenvalue weighted by molar-refractivity contribution is 0.0163. The fourth-order valence-electron chi connectivity index (χ4n) is 0.348. The first-order valence-electron chi connectivity index (χ1n) is 3.02. The van der Waals surface area contributed by atoms with E-state index in [-0.39, 0.29) is 12.2 Å². The van der Waals surface area contributed by atoms with Crippen molar-refractivity contribution in [1.29, 1.82) is 0 Å². The molecule has 56 valence electrons. The molecular formula is C6H13IO2. The highest BCUT2D eigenvalue weighted by molar-refractivity contribution is 14.1. The van der Waals surface area contributed by atoms with Crippen molar-refractivity contribution in [3.05, 3.63) is 0 Å². The minimum absolute atomic E-state index is 0.225. The second kappa shape index (κ2) is 5.44. The van der Waals surface area contributed by atoms with Crippen molar-refractivity contribution < 1.29 is 9.84 Å². The van der Waals surface area contributed by atoms with E-state index in [4.69, 9.17) is 9.84 Å². The van der Waals surface area contributed by atoms with Gasteiger partial charge in [0.2, 0.25) is 0 Å². The molecule has 0 bridgehead atoms. The van der Waals surface area contributed by atoms with Gasteiger partial charge in [0.05, 0.1) is 18.8 Å². The molecule has 0 aliphatic rings. The van der Waals surface area contributed by atoms with E-state index in [2.05, 4.69) is 22.6 Å². The molecule has 9 heavy (non-hydrogen) atoms. The molecule has 0 aliphatic heterocycles. The van der Waals surface area contributed by atoms with Gasteiger partial charge in [-0.1, -0.05) is 22.6 Å². The van der Waals surface area contributed by atoms with Gasteiger partial charge in [0.15, 0.2) is 0 Å². The minimum atomic E-state index is -0.298. The second-order valence-corrected chi connectivity index (χ2v) is 3.07. The van der Waals surface area contributed by atoms with Crippen LogP contribution in [0.1, 0.15) is 13.8 Å². The molecule has 1 N–H and O–H groups in total. The van der Waals surface area contributed by atoms with Crippen LogP contribution in [0.2, 0.25) is 0 Å². The van der Waals surface area contributed by atoms with E-state index in [0.717, 1.165) is 4.43 Å². The van der Waals surface area contributed by atoms with Crippen LogP contribution in [0.25, 0.3) is 0 Å². The fourth-order valence-corrected chi connectivity index (χ4v) is 0.602. The first kappa shape index (κ1) is 9.65. The van der Waals surface area contributed by atoms with Gasteiger partial charge < -0.3 is 9.84 Å². The average molecular weight is 244 g/mol. The maximum absolute atomic E-state index is 8.97. The molecular weight excluding hydrogens is 231 g/mol. The lowest BCUT2D eigenvalue weighted by atomic mass is 10.4. The zero-order valence-electron chi connectivity index (χ0n) is 5.80. The van der Waals surface area contributed by atoms with E-state index < -0.39 is 0 Å². The van der Waals surface area contributed by atoms with Gasteiger partial charge in [0, 0.05) is 4.43 Å². The third kappa shape index (κ3) is 6.54. The van der Waals surface area contributed by atoms with Crippen molar-refractivity contribution in [2.75, 3.05) is 11.0 Å². The van der Waals surface area contributed by atoms with Crippen LogP contribution in [-0.2, 0) is 4.74 Å². The zero-order valence-corrected chi connectivity index (χ0v) is 7.96. The Morgan fingerprint density at radius 1 is 1.56 bits per heavy atom. The molecule has 0 aromatic heterocycles. The fraction of sp³-hybridized carbons (Fsp3) is 1.00. The third-order valence-corrected chi connectivity index (χ3v) is 1.82. The number of alkyl halides is 1. The lowest BCUT2D eigenvalue weighted by Crippen LogP contribution is -2.19. The standard InChI is InChI=1S/C6H13IO2/c1-5(2)9-4-6(8)3-7/h5-6,8H,3-4H2,1-2H3/t6-/m1/s1. The molecule has 0 radical (unpaired) electrons. The summed E-state index contributed by atoms with van der Waals surface area (Å²) < 4.78 is 5.88. The quantitative estimate of drug-likeness (QED) is 0.595. The molecule has 0 saturated heterocycles. The van der Waals surface area contributed by atoms with Gasteiger partial charge in [-0.2, -0.15) is 0 Å². The molecule has 2 nitrogen and oxygen atoms in total. The highest BCUT2D eigenvalue weighted by Gasteiger charge is 2.01. The van der Waals surface area contributed by atoms with Crippen LogP contribution in [-0.4, -0.2) is 28.3 Å². The van der Waals surface area contributed by atoms with E-state index >= 15 is 0 Å². The SMILES string of the molecule is CC(C)OC[C@H](O)CI. The lowest BCUT2D eigenvalue weighted by Gasteiger charge is -2.09. The zero-order chi connectivity index (χ0) is 7.28. The number of rotatable bonds is 4. The largest absolute Gasteiger partial charge is 0.390 e.